The Morgan fingerprint density at radius 1 is 0.833 bits per heavy atom. The van der Waals surface area contributed by atoms with Crippen LogP contribution in [-0.4, -0.2) is 22.4 Å². The number of urea groups is 1. The maximum absolute atomic E-state index is 13.3. The lowest BCUT2D eigenvalue weighted by Crippen LogP contribution is -2.43. The topological polar surface area (TPSA) is 49.9 Å². The molecule has 1 fully saturated rings. The zero-order chi connectivity index (χ0) is 21.3. The molecule has 4 rings (SSSR count). The van der Waals surface area contributed by atoms with Crippen molar-refractivity contribution < 1.29 is 14.3 Å². The third kappa shape index (κ3) is 3.54. The van der Waals surface area contributed by atoms with Gasteiger partial charge in [0, 0.05) is 5.56 Å². The van der Waals surface area contributed by atoms with Crippen LogP contribution in [0.4, 0.5) is 10.5 Å². The number of anilines is 1. The number of hydrogen-bond acceptors (Lipinski definition) is 3. The Morgan fingerprint density at radius 2 is 1.47 bits per heavy atom. The molecule has 0 saturated carbocycles. The van der Waals surface area contributed by atoms with E-state index in [0.29, 0.717) is 17.2 Å². The van der Waals surface area contributed by atoms with Crippen LogP contribution in [0.25, 0.3) is 0 Å². The summed E-state index contributed by atoms with van der Waals surface area (Å²) < 4.78 is 6.04. The molecule has 1 heterocycles. The fourth-order valence-electron chi connectivity index (χ4n) is 3.54. The van der Waals surface area contributed by atoms with E-state index in [-0.39, 0.29) is 18.5 Å². The first-order valence-corrected chi connectivity index (χ1v) is 9.91. The largest absolute Gasteiger partial charge is 0.457 e. The number of nitrogens with zero attached hydrogens (tertiary/aromatic N) is 2. The van der Waals surface area contributed by atoms with Crippen LogP contribution in [0.15, 0.2) is 78.9 Å². The van der Waals surface area contributed by atoms with E-state index in [1.54, 1.807) is 30.9 Å². The monoisotopic (exact) mass is 400 g/mol. The third-order valence-electron chi connectivity index (χ3n) is 5.39. The zero-order valence-electron chi connectivity index (χ0n) is 17.3. The molecular weight excluding hydrogens is 376 g/mol. The van der Waals surface area contributed by atoms with Crippen LogP contribution < -0.4 is 9.64 Å². The van der Waals surface area contributed by atoms with Gasteiger partial charge in [0.15, 0.2) is 0 Å². The van der Waals surface area contributed by atoms with Crippen LogP contribution in [-0.2, 0) is 11.3 Å². The number of hydrogen-bond donors (Lipinski definition) is 0. The Hall–Kier alpha value is -3.60. The summed E-state index contributed by atoms with van der Waals surface area (Å²) in [5, 5.41) is 0. The molecule has 0 unspecified atom stereocenters. The van der Waals surface area contributed by atoms with E-state index in [1.165, 1.54) is 4.90 Å². The number of carbonyl (C=O) groups excluding carboxylic acids is 2. The van der Waals surface area contributed by atoms with Gasteiger partial charge in [0.1, 0.15) is 17.0 Å². The predicted molar refractivity (Wildman–Crippen MR) is 117 cm³/mol. The van der Waals surface area contributed by atoms with Crippen LogP contribution >= 0.6 is 0 Å². The van der Waals surface area contributed by atoms with E-state index >= 15 is 0 Å². The van der Waals surface area contributed by atoms with Crippen molar-refractivity contribution in [3.63, 3.8) is 0 Å². The number of carbonyl (C=O) groups is 2. The van der Waals surface area contributed by atoms with Gasteiger partial charge in [-0.2, -0.15) is 0 Å². The Morgan fingerprint density at radius 3 is 2.17 bits per heavy atom. The van der Waals surface area contributed by atoms with Crippen LogP contribution in [0.5, 0.6) is 11.5 Å². The molecular formula is C25H24N2O3. The molecule has 3 aromatic carbocycles. The van der Waals surface area contributed by atoms with Gasteiger partial charge < -0.3 is 9.64 Å². The molecule has 1 aliphatic heterocycles. The van der Waals surface area contributed by atoms with Gasteiger partial charge in [0.25, 0.3) is 5.91 Å². The number of para-hydroxylation sites is 2. The van der Waals surface area contributed by atoms with Crippen molar-refractivity contribution in [1.82, 2.24) is 4.90 Å². The van der Waals surface area contributed by atoms with Crippen LogP contribution in [0.3, 0.4) is 0 Å². The number of ether oxygens (including phenoxy) is 1. The second kappa shape index (κ2) is 7.67. The van der Waals surface area contributed by atoms with E-state index in [1.807, 2.05) is 73.7 Å². The second-order valence-corrected chi connectivity index (χ2v) is 7.93. The molecule has 1 saturated heterocycles. The van der Waals surface area contributed by atoms with Gasteiger partial charge in [-0.15, -0.1) is 0 Å². The molecule has 0 aromatic heterocycles. The summed E-state index contributed by atoms with van der Waals surface area (Å²) in [6, 6.07) is 24.1. The molecule has 5 nitrogen and oxygen atoms in total. The van der Waals surface area contributed by atoms with Gasteiger partial charge in [0.05, 0.1) is 12.2 Å². The Balaban J connectivity index is 1.64. The van der Waals surface area contributed by atoms with Crippen molar-refractivity contribution in [3.05, 3.63) is 90.0 Å². The highest BCUT2D eigenvalue weighted by Gasteiger charge is 2.51. The number of amides is 3. The minimum atomic E-state index is -0.970. The molecule has 3 aromatic rings. The zero-order valence-corrected chi connectivity index (χ0v) is 17.3. The SMILES string of the molecule is Cc1ccc(N2C(=O)N(Cc3ccccc3Oc3ccccc3)C(C)(C)C2=O)cc1. The van der Waals surface area contributed by atoms with Gasteiger partial charge in [-0.3, -0.25) is 4.79 Å². The minimum Gasteiger partial charge on any atom is -0.457 e. The summed E-state index contributed by atoms with van der Waals surface area (Å²) in [5.74, 6) is 1.14. The first kappa shape index (κ1) is 19.7. The molecule has 3 amide bonds. The molecule has 0 N–H and O–H groups in total. The second-order valence-electron chi connectivity index (χ2n) is 7.93. The van der Waals surface area contributed by atoms with Crippen LogP contribution in [0.2, 0.25) is 0 Å². The molecule has 0 spiro atoms. The van der Waals surface area contributed by atoms with Gasteiger partial charge >= 0.3 is 6.03 Å². The van der Waals surface area contributed by atoms with E-state index in [0.717, 1.165) is 11.1 Å². The predicted octanol–water partition coefficient (Wildman–Crippen LogP) is 5.53. The summed E-state index contributed by atoms with van der Waals surface area (Å²) in [4.78, 5) is 29.3. The number of imide groups is 1. The average molecular weight is 400 g/mol. The van der Waals surface area contributed by atoms with Crippen LogP contribution in [0.1, 0.15) is 25.0 Å². The summed E-state index contributed by atoms with van der Waals surface area (Å²) in [6.07, 6.45) is 0. The maximum atomic E-state index is 13.3. The maximum Gasteiger partial charge on any atom is 0.332 e. The molecule has 0 radical (unpaired) electrons. The fourth-order valence-corrected chi connectivity index (χ4v) is 3.54. The summed E-state index contributed by atoms with van der Waals surface area (Å²) >= 11 is 0. The lowest BCUT2D eigenvalue weighted by Gasteiger charge is -2.28. The minimum absolute atomic E-state index is 0.238. The Labute approximate surface area is 176 Å². The van der Waals surface area contributed by atoms with E-state index in [2.05, 4.69) is 0 Å². The van der Waals surface area contributed by atoms with Gasteiger partial charge in [-0.1, -0.05) is 54.1 Å². The van der Waals surface area contributed by atoms with Crippen LogP contribution in [0, 0.1) is 6.92 Å². The van der Waals surface area contributed by atoms with E-state index < -0.39 is 5.54 Å². The summed E-state index contributed by atoms with van der Waals surface area (Å²) in [7, 11) is 0. The van der Waals surface area contributed by atoms with Gasteiger partial charge in [0.2, 0.25) is 0 Å². The Bertz CT molecular complexity index is 1080. The lowest BCUT2D eigenvalue weighted by atomic mass is 10.0. The standard InChI is InChI=1S/C25H24N2O3/c1-18-13-15-20(16-14-18)27-23(28)25(2,3)26(24(27)29)17-19-9-7-8-12-22(19)30-21-10-5-4-6-11-21/h4-16H,17H2,1-3H3. The van der Waals surface area contributed by atoms with Gasteiger partial charge in [-0.05, 0) is 51.1 Å². The summed E-state index contributed by atoms with van der Waals surface area (Å²) in [5.41, 5.74) is 1.52. The third-order valence-corrected chi connectivity index (χ3v) is 5.39. The highest BCUT2D eigenvalue weighted by molar-refractivity contribution is 6.22. The quantitative estimate of drug-likeness (QED) is 0.529. The van der Waals surface area contributed by atoms with E-state index in [4.69, 9.17) is 4.74 Å². The normalized spacial score (nSPS) is 15.6. The Kier molecular flexibility index (Phi) is 5.04. The fraction of sp³-hybridized carbons (Fsp3) is 0.200. The lowest BCUT2D eigenvalue weighted by molar-refractivity contribution is -0.123. The molecule has 0 bridgehead atoms. The van der Waals surface area contributed by atoms with Crippen molar-refractivity contribution in [2.24, 2.45) is 0 Å². The summed E-state index contributed by atoms with van der Waals surface area (Å²) in [6.45, 7) is 5.80. The van der Waals surface area contributed by atoms with Crippen molar-refractivity contribution in [2.75, 3.05) is 4.90 Å². The molecule has 30 heavy (non-hydrogen) atoms. The van der Waals surface area contributed by atoms with Crippen molar-refractivity contribution in [2.45, 2.75) is 32.9 Å². The molecule has 152 valence electrons. The van der Waals surface area contributed by atoms with Crippen molar-refractivity contribution in [1.29, 1.82) is 0 Å². The highest BCUT2D eigenvalue weighted by Crippen LogP contribution is 2.35. The number of rotatable bonds is 5. The number of aryl methyl sites for hydroxylation is 1. The van der Waals surface area contributed by atoms with E-state index in [9.17, 15) is 9.59 Å². The first-order valence-electron chi connectivity index (χ1n) is 9.91. The smallest absolute Gasteiger partial charge is 0.332 e. The van der Waals surface area contributed by atoms with Gasteiger partial charge in [-0.25, -0.2) is 9.69 Å². The molecule has 1 aliphatic rings. The number of benzene rings is 3. The van der Waals surface area contributed by atoms with Crippen molar-refractivity contribution >= 4 is 17.6 Å². The molecule has 0 atom stereocenters. The average Bonchev–Trinajstić information content (AvgIpc) is 2.90. The highest BCUT2D eigenvalue weighted by atomic mass is 16.5. The van der Waals surface area contributed by atoms with Crippen molar-refractivity contribution in [3.8, 4) is 11.5 Å². The molecule has 0 aliphatic carbocycles. The molecule has 5 heteroatoms. The first-order chi connectivity index (χ1) is 14.4.